The molecule has 1 aliphatic rings. The Labute approximate surface area is 175 Å². The van der Waals surface area contributed by atoms with E-state index in [0.29, 0.717) is 29.8 Å². The summed E-state index contributed by atoms with van der Waals surface area (Å²) in [6.07, 6.45) is 0.652. The number of hydrogen-bond acceptors (Lipinski definition) is 6. The summed E-state index contributed by atoms with van der Waals surface area (Å²) in [7, 11) is 0. The Morgan fingerprint density at radius 1 is 1.03 bits per heavy atom. The zero-order valence-electron chi connectivity index (χ0n) is 17.3. The number of rotatable bonds is 7. The van der Waals surface area contributed by atoms with Crippen molar-refractivity contribution in [3.8, 4) is 22.9 Å². The molecule has 1 atom stereocenters. The molecule has 2 heterocycles. The van der Waals surface area contributed by atoms with Crippen LogP contribution in [0.2, 0.25) is 0 Å². The van der Waals surface area contributed by atoms with Gasteiger partial charge in [0.25, 0.3) is 0 Å². The van der Waals surface area contributed by atoms with Gasteiger partial charge in [0.1, 0.15) is 0 Å². The maximum atomic E-state index is 12.4. The van der Waals surface area contributed by atoms with Gasteiger partial charge in [-0.3, -0.25) is 4.79 Å². The van der Waals surface area contributed by atoms with Gasteiger partial charge in [-0.1, -0.05) is 49.3 Å². The summed E-state index contributed by atoms with van der Waals surface area (Å²) < 4.78 is 16.0. The van der Waals surface area contributed by atoms with E-state index in [0.717, 1.165) is 16.9 Å². The summed E-state index contributed by atoms with van der Waals surface area (Å²) in [6, 6.07) is 13.6. The predicted molar refractivity (Wildman–Crippen MR) is 111 cm³/mol. The van der Waals surface area contributed by atoms with Crippen LogP contribution >= 0.6 is 0 Å². The Morgan fingerprint density at radius 2 is 1.77 bits per heavy atom. The molecule has 0 saturated carbocycles. The summed E-state index contributed by atoms with van der Waals surface area (Å²) in [4.78, 5) is 16.8. The molecule has 1 N–H and O–H groups in total. The second kappa shape index (κ2) is 8.57. The van der Waals surface area contributed by atoms with E-state index >= 15 is 0 Å². The molecule has 7 nitrogen and oxygen atoms in total. The fourth-order valence-electron chi connectivity index (χ4n) is 3.29. The van der Waals surface area contributed by atoms with Crippen LogP contribution in [0.1, 0.15) is 56.2 Å². The van der Waals surface area contributed by atoms with Crippen molar-refractivity contribution in [3.63, 3.8) is 0 Å². The summed E-state index contributed by atoms with van der Waals surface area (Å²) in [6.45, 7) is 6.47. The number of carbonyl (C=O) groups is 1. The number of nitrogens with one attached hydrogen (secondary N) is 1. The third-order valence-corrected chi connectivity index (χ3v) is 5.14. The van der Waals surface area contributed by atoms with Crippen LogP contribution in [0.3, 0.4) is 0 Å². The molecule has 1 aliphatic heterocycles. The lowest BCUT2D eigenvalue weighted by Gasteiger charge is -2.14. The highest BCUT2D eigenvalue weighted by atomic mass is 16.7. The molecule has 3 aromatic rings. The number of fused-ring (bicyclic) bond motifs is 1. The predicted octanol–water partition coefficient (Wildman–Crippen LogP) is 4.40. The summed E-state index contributed by atoms with van der Waals surface area (Å²) in [5, 5.41) is 7.02. The number of benzene rings is 2. The van der Waals surface area contributed by atoms with E-state index in [-0.39, 0.29) is 25.2 Å². The summed E-state index contributed by atoms with van der Waals surface area (Å²) in [5.41, 5.74) is 3.11. The van der Waals surface area contributed by atoms with Gasteiger partial charge in [0.05, 0.1) is 6.04 Å². The number of hydrogen-bond donors (Lipinski definition) is 1. The molecule has 30 heavy (non-hydrogen) atoms. The molecule has 0 radical (unpaired) electrons. The van der Waals surface area contributed by atoms with Crippen LogP contribution in [0.4, 0.5) is 0 Å². The van der Waals surface area contributed by atoms with Gasteiger partial charge in [-0.05, 0) is 36.1 Å². The third kappa shape index (κ3) is 4.45. The van der Waals surface area contributed by atoms with Gasteiger partial charge in [0.2, 0.25) is 24.4 Å². The van der Waals surface area contributed by atoms with Crippen LogP contribution in [0.5, 0.6) is 11.5 Å². The molecule has 0 bridgehead atoms. The Kier molecular flexibility index (Phi) is 5.70. The van der Waals surface area contributed by atoms with Crippen LogP contribution in [-0.2, 0) is 11.2 Å². The minimum atomic E-state index is -0.148. The smallest absolute Gasteiger partial charge is 0.231 e. The van der Waals surface area contributed by atoms with E-state index in [2.05, 4.69) is 41.4 Å². The number of carbonyl (C=O) groups excluding carboxylic acids is 1. The van der Waals surface area contributed by atoms with Crippen molar-refractivity contribution >= 4 is 5.91 Å². The SMILES string of the molecule is CC(C)c1ccc(-c2noc(CCC(=O)NC(C)c3ccc4c(c3)OCO4)n2)cc1. The maximum Gasteiger partial charge on any atom is 0.231 e. The molecule has 1 amide bonds. The minimum Gasteiger partial charge on any atom is -0.454 e. The van der Waals surface area contributed by atoms with Gasteiger partial charge in [0, 0.05) is 18.4 Å². The van der Waals surface area contributed by atoms with Crippen molar-refractivity contribution in [2.24, 2.45) is 0 Å². The van der Waals surface area contributed by atoms with Crippen molar-refractivity contribution in [1.29, 1.82) is 0 Å². The number of amides is 1. The minimum absolute atomic E-state index is 0.0822. The average Bonchev–Trinajstić information content (AvgIpc) is 3.41. The van der Waals surface area contributed by atoms with E-state index in [1.165, 1.54) is 5.56 Å². The number of aromatic nitrogens is 2. The van der Waals surface area contributed by atoms with Crippen molar-refractivity contribution < 1.29 is 18.8 Å². The summed E-state index contributed by atoms with van der Waals surface area (Å²) in [5.74, 6) is 2.80. The first-order valence-corrected chi connectivity index (χ1v) is 10.1. The van der Waals surface area contributed by atoms with Crippen molar-refractivity contribution in [1.82, 2.24) is 15.5 Å². The Bertz CT molecular complexity index is 1030. The molecular formula is C23H25N3O4. The molecule has 156 valence electrons. The van der Waals surface area contributed by atoms with Crippen molar-refractivity contribution in [2.75, 3.05) is 6.79 Å². The number of nitrogens with zero attached hydrogens (tertiary/aromatic N) is 2. The van der Waals surface area contributed by atoms with Crippen LogP contribution < -0.4 is 14.8 Å². The lowest BCUT2D eigenvalue weighted by Crippen LogP contribution is -2.26. The molecule has 2 aromatic carbocycles. The fraction of sp³-hybridized carbons (Fsp3) is 0.348. The molecule has 0 spiro atoms. The largest absolute Gasteiger partial charge is 0.454 e. The first-order valence-electron chi connectivity index (χ1n) is 10.1. The number of ether oxygens (including phenoxy) is 2. The zero-order chi connectivity index (χ0) is 21.1. The molecule has 0 fully saturated rings. The van der Waals surface area contributed by atoms with Gasteiger partial charge >= 0.3 is 0 Å². The first-order chi connectivity index (χ1) is 14.5. The van der Waals surface area contributed by atoms with E-state index < -0.39 is 0 Å². The van der Waals surface area contributed by atoms with Crippen LogP contribution in [0.25, 0.3) is 11.4 Å². The second-order valence-electron chi connectivity index (χ2n) is 7.69. The molecule has 7 heteroatoms. The van der Waals surface area contributed by atoms with E-state index in [4.69, 9.17) is 14.0 Å². The first kappa shape index (κ1) is 19.9. The highest BCUT2D eigenvalue weighted by molar-refractivity contribution is 5.76. The highest BCUT2D eigenvalue weighted by Gasteiger charge is 2.17. The Morgan fingerprint density at radius 3 is 2.53 bits per heavy atom. The van der Waals surface area contributed by atoms with E-state index in [1.54, 1.807) is 0 Å². The summed E-state index contributed by atoms with van der Waals surface area (Å²) >= 11 is 0. The van der Waals surface area contributed by atoms with Gasteiger partial charge < -0.3 is 19.3 Å². The van der Waals surface area contributed by atoms with Crippen LogP contribution in [0, 0.1) is 0 Å². The second-order valence-corrected chi connectivity index (χ2v) is 7.69. The van der Waals surface area contributed by atoms with Gasteiger partial charge in [-0.25, -0.2) is 0 Å². The lowest BCUT2D eigenvalue weighted by molar-refractivity contribution is -0.121. The van der Waals surface area contributed by atoms with Crippen molar-refractivity contribution in [3.05, 3.63) is 59.5 Å². The lowest BCUT2D eigenvalue weighted by atomic mass is 10.0. The molecule has 0 saturated heterocycles. The maximum absolute atomic E-state index is 12.4. The standard InChI is InChI=1S/C23H25N3O4/c1-14(2)16-4-6-17(7-5-16)23-25-22(30-26-23)11-10-21(27)24-15(3)18-8-9-19-20(12-18)29-13-28-19/h4-9,12,14-15H,10-11,13H2,1-3H3,(H,24,27). The van der Waals surface area contributed by atoms with Crippen LogP contribution in [0.15, 0.2) is 47.0 Å². The quantitative estimate of drug-likeness (QED) is 0.625. The molecule has 4 rings (SSSR count). The van der Waals surface area contributed by atoms with Gasteiger partial charge in [0.15, 0.2) is 11.5 Å². The van der Waals surface area contributed by atoms with Gasteiger partial charge in [-0.15, -0.1) is 0 Å². The zero-order valence-corrected chi connectivity index (χ0v) is 17.3. The molecule has 1 aromatic heterocycles. The molecule has 0 aliphatic carbocycles. The van der Waals surface area contributed by atoms with Gasteiger partial charge in [-0.2, -0.15) is 4.98 Å². The monoisotopic (exact) mass is 407 g/mol. The van der Waals surface area contributed by atoms with Crippen LogP contribution in [-0.4, -0.2) is 22.8 Å². The fourth-order valence-corrected chi connectivity index (χ4v) is 3.29. The normalized spacial score (nSPS) is 13.5. The van der Waals surface area contributed by atoms with E-state index in [9.17, 15) is 4.79 Å². The third-order valence-electron chi connectivity index (χ3n) is 5.14. The number of aryl methyl sites for hydroxylation is 1. The molecule has 1 unspecified atom stereocenters. The topological polar surface area (TPSA) is 86.5 Å². The molecular weight excluding hydrogens is 382 g/mol. The van der Waals surface area contributed by atoms with Crippen molar-refractivity contribution in [2.45, 2.75) is 45.6 Å². The Hall–Kier alpha value is -3.35. The van der Waals surface area contributed by atoms with E-state index in [1.807, 2.05) is 37.3 Å². The average molecular weight is 407 g/mol. The Balaban J connectivity index is 1.31. The highest BCUT2D eigenvalue weighted by Crippen LogP contribution is 2.34.